The summed E-state index contributed by atoms with van der Waals surface area (Å²) < 4.78 is 1.90. The van der Waals surface area contributed by atoms with Gasteiger partial charge in [0, 0.05) is 43.1 Å². The van der Waals surface area contributed by atoms with E-state index in [2.05, 4.69) is 27.9 Å². The number of anilines is 1. The van der Waals surface area contributed by atoms with Crippen LogP contribution in [0.3, 0.4) is 0 Å². The van der Waals surface area contributed by atoms with Crippen molar-refractivity contribution in [1.82, 2.24) is 24.4 Å². The number of amides is 1. The number of nitrogens with zero attached hydrogens (tertiary/aromatic N) is 7. The molecule has 4 aromatic rings. The van der Waals surface area contributed by atoms with Gasteiger partial charge in [-0.25, -0.2) is 15.0 Å². The predicted molar refractivity (Wildman–Crippen MR) is 139 cm³/mol. The van der Waals surface area contributed by atoms with Gasteiger partial charge in [-0.2, -0.15) is 5.26 Å². The summed E-state index contributed by atoms with van der Waals surface area (Å²) in [6, 6.07) is 15.6. The van der Waals surface area contributed by atoms with E-state index >= 15 is 0 Å². The topological polar surface area (TPSA) is 111 Å². The number of aliphatic hydroxyl groups is 1. The van der Waals surface area contributed by atoms with Crippen LogP contribution < -0.4 is 4.90 Å². The van der Waals surface area contributed by atoms with Gasteiger partial charge in [-0.05, 0) is 44.4 Å². The first-order chi connectivity index (χ1) is 17.9. The van der Waals surface area contributed by atoms with Crippen molar-refractivity contribution in [3.8, 4) is 23.0 Å². The van der Waals surface area contributed by atoms with E-state index in [4.69, 9.17) is 4.98 Å². The van der Waals surface area contributed by atoms with Crippen molar-refractivity contribution in [3.63, 3.8) is 0 Å². The Kier molecular flexibility index (Phi) is 5.42. The smallest absolute Gasteiger partial charge is 0.254 e. The number of rotatable bonds is 4. The van der Waals surface area contributed by atoms with Crippen molar-refractivity contribution >= 4 is 22.8 Å². The molecule has 1 N–H and O–H groups in total. The zero-order valence-electron chi connectivity index (χ0n) is 20.7. The van der Waals surface area contributed by atoms with Gasteiger partial charge in [0.15, 0.2) is 5.65 Å². The third kappa shape index (κ3) is 3.90. The molecule has 2 aliphatic rings. The lowest BCUT2D eigenvalue weighted by Crippen LogP contribution is -2.60. The summed E-state index contributed by atoms with van der Waals surface area (Å²) in [5.41, 5.74) is 2.01. The molecular weight excluding hydrogens is 466 g/mol. The second kappa shape index (κ2) is 8.68. The van der Waals surface area contributed by atoms with Crippen LogP contribution in [0, 0.1) is 11.3 Å². The number of nitriles is 1. The number of benzene rings is 1. The van der Waals surface area contributed by atoms with Crippen LogP contribution in [0.4, 0.5) is 5.82 Å². The molecular formula is C28H27N7O2. The van der Waals surface area contributed by atoms with Gasteiger partial charge in [-0.15, -0.1) is 0 Å². The number of hydrogen-bond donors (Lipinski definition) is 1. The van der Waals surface area contributed by atoms with Crippen LogP contribution in [-0.2, 0) is 4.79 Å². The molecule has 3 aromatic heterocycles. The van der Waals surface area contributed by atoms with Crippen LogP contribution in [0.1, 0.15) is 32.3 Å². The first kappa shape index (κ1) is 23.1. The molecule has 37 heavy (non-hydrogen) atoms. The monoisotopic (exact) mass is 493 g/mol. The lowest BCUT2D eigenvalue weighted by atomic mass is 10.0. The Morgan fingerprint density at radius 2 is 1.86 bits per heavy atom. The highest BCUT2D eigenvalue weighted by Gasteiger charge is 2.52. The maximum absolute atomic E-state index is 12.9. The van der Waals surface area contributed by atoms with Gasteiger partial charge < -0.3 is 14.9 Å². The normalized spacial score (nSPS) is 20.6. The van der Waals surface area contributed by atoms with Gasteiger partial charge in [-0.3, -0.25) is 9.36 Å². The molecule has 0 bridgehead atoms. The van der Waals surface area contributed by atoms with E-state index < -0.39 is 5.60 Å². The maximum Gasteiger partial charge on any atom is 0.254 e. The van der Waals surface area contributed by atoms with Gasteiger partial charge in [-0.1, -0.05) is 30.3 Å². The van der Waals surface area contributed by atoms with Gasteiger partial charge in [0.2, 0.25) is 0 Å². The van der Waals surface area contributed by atoms with E-state index in [0.29, 0.717) is 43.0 Å². The van der Waals surface area contributed by atoms with Gasteiger partial charge in [0.05, 0.1) is 17.0 Å². The first-order valence-corrected chi connectivity index (χ1v) is 12.5. The van der Waals surface area contributed by atoms with E-state index in [0.717, 1.165) is 22.3 Å². The molecule has 9 nitrogen and oxygen atoms in total. The lowest BCUT2D eigenvalue weighted by molar-refractivity contribution is -0.145. The molecule has 2 atom stereocenters. The molecule has 1 aromatic carbocycles. The molecule has 0 radical (unpaired) electrons. The predicted octanol–water partition coefficient (Wildman–Crippen LogP) is 3.30. The summed E-state index contributed by atoms with van der Waals surface area (Å²) in [5, 5.41) is 20.7. The standard InChI is InChI=1S/C28H27N7O2/c1-18-15-34(27(36)28(37)9-10-28)19(2)14-33(18)25-24-22(21-6-4-3-5-7-21)16-35(26(24)32-17-31-25)23-12-20(13-29)8-11-30-23/h3-8,11-12,16-19,37H,9-10,14-15H2,1-2H3/t18-,19+/m0/s1. The highest BCUT2D eigenvalue weighted by molar-refractivity contribution is 6.02. The Bertz CT molecular complexity index is 1540. The summed E-state index contributed by atoms with van der Waals surface area (Å²) in [4.78, 5) is 30.9. The molecule has 1 saturated heterocycles. The third-order valence-corrected chi connectivity index (χ3v) is 7.41. The molecule has 1 aliphatic carbocycles. The molecule has 1 aliphatic heterocycles. The number of fused-ring (bicyclic) bond motifs is 1. The van der Waals surface area contributed by atoms with Gasteiger partial charge in [0.1, 0.15) is 23.6 Å². The maximum atomic E-state index is 12.9. The van der Waals surface area contributed by atoms with Crippen LogP contribution >= 0.6 is 0 Å². The second-order valence-electron chi connectivity index (χ2n) is 10.0. The van der Waals surface area contributed by atoms with Crippen molar-refractivity contribution in [2.45, 2.75) is 44.4 Å². The highest BCUT2D eigenvalue weighted by Crippen LogP contribution is 2.40. The number of carbonyl (C=O) groups is 1. The zero-order valence-corrected chi connectivity index (χ0v) is 20.7. The van der Waals surface area contributed by atoms with Crippen LogP contribution in [0.25, 0.3) is 28.0 Å². The summed E-state index contributed by atoms with van der Waals surface area (Å²) in [7, 11) is 0. The minimum Gasteiger partial charge on any atom is -0.380 e. The van der Waals surface area contributed by atoms with E-state index in [-0.39, 0.29) is 18.0 Å². The fourth-order valence-electron chi connectivity index (χ4n) is 5.20. The molecule has 2 fully saturated rings. The molecule has 4 heterocycles. The average molecular weight is 494 g/mol. The molecule has 1 saturated carbocycles. The van der Waals surface area contributed by atoms with Gasteiger partial charge >= 0.3 is 0 Å². The fourth-order valence-corrected chi connectivity index (χ4v) is 5.20. The van der Waals surface area contributed by atoms with Crippen LogP contribution in [0.2, 0.25) is 0 Å². The quantitative estimate of drug-likeness (QED) is 0.464. The van der Waals surface area contributed by atoms with E-state index in [1.54, 1.807) is 24.7 Å². The van der Waals surface area contributed by atoms with Crippen molar-refractivity contribution < 1.29 is 9.90 Å². The van der Waals surface area contributed by atoms with Crippen LogP contribution in [0.5, 0.6) is 0 Å². The van der Waals surface area contributed by atoms with Crippen LogP contribution in [-0.4, -0.2) is 66.2 Å². The Hall–Kier alpha value is -4.29. The van der Waals surface area contributed by atoms with Crippen molar-refractivity contribution in [1.29, 1.82) is 5.26 Å². The number of pyridine rings is 1. The lowest BCUT2D eigenvalue weighted by Gasteiger charge is -2.45. The Morgan fingerprint density at radius 1 is 1.08 bits per heavy atom. The van der Waals surface area contributed by atoms with E-state index in [9.17, 15) is 15.2 Å². The molecule has 186 valence electrons. The Balaban J connectivity index is 1.48. The molecule has 1 amide bonds. The minimum absolute atomic E-state index is 0.0207. The van der Waals surface area contributed by atoms with Crippen LogP contribution in [0.15, 0.2) is 61.2 Å². The Labute approximate surface area is 214 Å². The summed E-state index contributed by atoms with van der Waals surface area (Å²) in [5.74, 6) is 1.22. The molecule has 9 heteroatoms. The average Bonchev–Trinajstić information content (AvgIpc) is 3.56. The first-order valence-electron chi connectivity index (χ1n) is 12.5. The number of aromatic nitrogens is 4. The number of hydrogen-bond acceptors (Lipinski definition) is 7. The van der Waals surface area contributed by atoms with E-state index in [1.165, 1.54) is 0 Å². The highest BCUT2D eigenvalue weighted by atomic mass is 16.3. The molecule has 0 unspecified atom stereocenters. The largest absolute Gasteiger partial charge is 0.380 e. The summed E-state index contributed by atoms with van der Waals surface area (Å²) in [6.45, 7) is 5.17. The second-order valence-corrected chi connectivity index (χ2v) is 10.0. The molecule has 0 spiro atoms. The van der Waals surface area contributed by atoms with Gasteiger partial charge in [0.25, 0.3) is 5.91 Å². The molecule has 6 rings (SSSR count). The minimum atomic E-state index is -1.18. The van der Waals surface area contributed by atoms with E-state index in [1.807, 2.05) is 52.9 Å². The van der Waals surface area contributed by atoms with Crippen molar-refractivity contribution in [3.05, 3.63) is 66.7 Å². The van der Waals surface area contributed by atoms with Crippen molar-refractivity contribution in [2.24, 2.45) is 0 Å². The third-order valence-electron chi connectivity index (χ3n) is 7.41. The Morgan fingerprint density at radius 3 is 2.59 bits per heavy atom. The number of piperazine rings is 1. The number of carbonyl (C=O) groups excluding carboxylic acids is 1. The zero-order chi connectivity index (χ0) is 25.7. The summed E-state index contributed by atoms with van der Waals surface area (Å²) >= 11 is 0. The fraction of sp³-hybridized carbons (Fsp3) is 0.321. The SMILES string of the molecule is C[C@@H]1CN(c2ncnc3c2c(-c2ccccc2)cn3-c2cc(C#N)ccn2)[C@@H](C)CN1C(=O)C1(O)CC1. The van der Waals surface area contributed by atoms with Crippen molar-refractivity contribution in [2.75, 3.05) is 18.0 Å². The summed E-state index contributed by atoms with van der Waals surface area (Å²) in [6.07, 6.45) is 6.25.